The van der Waals surface area contributed by atoms with Gasteiger partial charge in [0.15, 0.2) is 0 Å². The van der Waals surface area contributed by atoms with Crippen LogP contribution >= 0.6 is 11.6 Å². The van der Waals surface area contributed by atoms with Gasteiger partial charge in [0.25, 0.3) is 0 Å². The van der Waals surface area contributed by atoms with Crippen LogP contribution in [0.1, 0.15) is 18.4 Å². The van der Waals surface area contributed by atoms with E-state index >= 15 is 0 Å². The predicted octanol–water partition coefficient (Wildman–Crippen LogP) is 2.36. The summed E-state index contributed by atoms with van der Waals surface area (Å²) < 4.78 is 0. The van der Waals surface area contributed by atoms with Crippen LogP contribution < -0.4 is 4.90 Å². The van der Waals surface area contributed by atoms with Crippen molar-refractivity contribution in [2.24, 2.45) is 0 Å². The van der Waals surface area contributed by atoms with Gasteiger partial charge in [0, 0.05) is 36.4 Å². The van der Waals surface area contributed by atoms with Crippen LogP contribution in [0, 0.1) is 0 Å². The number of likely N-dealkylation sites (tertiary alicyclic amines) is 1. The van der Waals surface area contributed by atoms with E-state index in [2.05, 4.69) is 16.8 Å². The Balaban J connectivity index is 1.98. The quantitative estimate of drug-likeness (QED) is 0.888. The highest BCUT2D eigenvalue weighted by Crippen LogP contribution is 2.24. The van der Waals surface area contributed by atoms with E-state index in [1.165, 1.54) is 25.9 Å². The smallest absolute Gasteiger partial charge is 0.0702 e. The van der Waals surface area contributed by atoms with Gasteiger partial charge in [-0.3, -0.25) is 0 Å². The van der Waals surface area contributed by atoms with Crippen LogP contribution in [-0.2, 0) is 6.61 Å². The first kappa shape index (κ1) is 13.7. The summed E-state index contributed by atoms with van der Waals surface area (Å²) in [6.45, 7) is 4.54. The van der Waals surface area contributed by atoms with Gasteiger partial charge in [0.1, 0.15) is 0 Å². The summed E-state index contributed by atoms with van der Waals surface area (Å²) in [4.78, 5) is 4.66. The zero-order valence-corrected chi connectivity index (χ0v) is 11.7. The fourth-order valence-electron chi connectivity index (χ4n) is 2.44. The Kier molecular flexibility index (Phi) is 4.87. The molecule has 1 fully saturated rings. The molecular weight excluding hydrogens is 248 g/mol. The maximum absolute atomic E-state index is 9.36. The van der Waals surface area contributed by atoms with Crippen molar-refractivity contribution >= 4 is 17.3 Å². The first-order valence-electron chi connectivity index (χ1n) is 6.53. The molecular formula is C14H21ClN2O. The monoisotopic (exact) mass is 268 g/mol. The fraction of sp³-hybridized carbons (Fsp3) is 0.571. The molecule has 0 radical (unpaired) electrons. The van der Waals surface area contributed by atoms with Gasteiger partial charge < -0.3 is 14.9 Å². The second-order valence-electron chi connectivity index (χ2n) is 4.90. The van der Waals surface area contributed by atoms with Crippen LogP contribution in [0.2, 0.25) is 5.02 Å². The third kappa shape index (κ3) is 3.37. The third-order valence-electron chi connectivity index (χ3n) is 3.58. The van der Waals surface area contributed by atoms with Crippen molar-refractivity contribution < 1.29 is 5.11 Å². The van der Waals surface area contributed by atoms with Gasteiger partial charge in [-0.2, -0.15) is 0 Å². The lowest BCUT2D eigenvalue weighted by Crippen LogP contribution is -2.31. The lowest BCUT2D eigenvalue weighted by Gasteiger charge is -2.25. The van der Waals surface area contributed by atoms with E-state index in [-0.39, 0.29) is 6.61 Å². The van der Waals surface area contributed by atoms with E-state index in [1.54, 1.807) is 0 Å². The van der Waals surface area contributed by atoms with Gasteiger partial charge in [-0.25, -0.2) is 0 Å². The van der Waals surface area contributed by atoms with Crippen molar-refractivity contribution in [3.63, 3.8) is 0 Å². The van der Waals surface area contributed by atoms with Gasteiger partial charge in [-0.1, -0.05) is 17.7 Å². The van der Waals surface area contributed by atoms with E-state index < -0.39 is 0 Å². The largest absolute Gasteiger partial charge is 0.392 e. The van der Waals surface area contributed by atoms with Crippen molar-refractivity contribution in [2.45, 2.75) is 19.4 Å². The fourth-order valence-corrected chi connectivity index (χ4v) is 2.61. The Hall–Kier alpha value is -0.770. The van der Waals surface area contributed by atoms with Crippen molar-refractivity contribution in [3.05, 3.63) is 28.8 Å². The molecule has 0 saturated carbocycles. The molecule has 0 spiro atoms. The van der Waals surface area contributed by atoms with Crippen molar-refractivity contribution in [1.29, 1.82) is 0 Å². The molecule has 0 aromatic heterocycles. The van der Waals surface area contributed by atoms with Gasteiger partial charge in [0.2, 0.25) is 0 Å². The summed E-state index contributed by atoms with van der Waals surface area (Å²) in [7, 11) is 2.06. The summed E-state index contributed by atoms with van der Waals surface area (Å²) in [6, 6.07) is 5.64. The molecule has 4 heteroatoms. The number of hydrogen-bond donors (Lipinski definition) is 1. The molecule has 0 aliphatic carbocycles. The van der Waals surface area contributed by atoms with E-state index in [4.69, 9.17) is 11.6 Å². The Bertz CT molecular complexity index is 391. The Labute approximate surface area is 114 Å². The number of benzene rings is 1. The molecule has 1 aliphatic rings. The van der Waals surface area contributed by atoms with Crippen LogP contribution in [0.4, 0.5) is 5.69 Å². The third-order valence-corrected chi connectivity index (χ3v) is 3.81. The average Bonchev–Trinajstić information content (AvgIpc) is 2.89. The van der Waals surface area contributed by atoms with Gasteiger partial charge in [-0.05, 0) is 38.1 Å². The number of aliphatic hydroxyl groups excluding tert-OH is 1. The Morgan fingerprint density at radius 3 is 2.72 bits per heavy atom. The first-order chi connectivity index (χ1) is 8.70. The normalized spacial score (nSPS) is 16.2. The van der Waals surface area contributed by atoms with E-state index in [9.17, 15) is 5.11 Å². The number of anilines is 1. The lowest BCUT2D eigenvalue weighted by atomic mass is 10.1. The molecule has 0 amide bonds. The van der Waals surface area contributed by atoms with Crippen LogP contribution in [0.25, 0.3) is 0 Å². The summed E-state index contributed by atoms with van der Waals surface area (Å²) >= 11 is 6.03. The average molecular weight is 269 g/mol. The summed E-state index contributed by atoms with van der Waals surface area (Å²) in [6.07, 6.45) is 2.64. The van der Waals surface area contributed by atoms with Crippen molar-refractivity contribution in [3.8, 4) is 0 Å². The predicted molar refractivity (Wildman–Crippen MR) is 76.3 cm³/mol. The van der Waals surface area contributed by atoms with Crippen molar-refractivity contribution in [2.75, 3.05) is 38.1 Å². The minimum Gasteiger partial charge on any atom is -0.392 e. The number of rotatable bonds is 5. The second-order valence-corrected chi connectivity index (χ2v) is 5.34. The van der Waals surface area contributed by atoms with E-state index in [1.807, 2.05) is 18.2 Å². The molecule has 1 aliphatic heterocycles. The molecule has 1 heterocycles. The van der Waals surface area contributed by atoms with Crippen LogP contribution in [0.15, 0.2) is 18.2 Å². The van der Waals surface area contributed by atoms with Crippen LogP contribution in [0.5, 0.6) is 0 Å². The molecule has 0 bridgehead atoms. The molecule has 1 N–H and O–H groups in total. The lowest BCUT2D eigenvalue weighted by molar-refractivity contribution is 0.282. The first-order valence-corrected chi connectivity index (χ1v) is 6.91. The standard InChI is InChI=1S/C14H21ClN2O/c1-16(8-9-17-6-2-3-7-17)14-10-13(15)5-4-12(14)11-18/h4-5,10,18H,2-3,6-9,11H2,1H3. The minimum atomic E-state index is 0.0561. The summed E-state index contributed by atoms with van der Waals surface area (Å²) in [5, 5.41) is 10.1. The highest BCUT2D eigenvalue weighted by atomic mass is 35.5. The Morgan fingerprint density at radius 2 is 2.06 bits per heavy atom. The van der Waals surface area contributed by atoms with Gasteiger partial charge in [-0.15, -0.1) is 0 Å². The molecule has 100 valence electrons. The summed E-state index contributed by atoms with van der Waals surface area (Å²) in [5.74, 6) is 0. The van der Waals surface area contributed by atoms with Crippen LogP contribution in [0.3, 0.4) is 0 Å². The number of likely N-dealkylation sites (N-methyl/N-ethyl adjacent to an activating group) is 1. The molecule has 18 heavy (non-hydrogen) atoms. The summed E-state index contributed by atoms with van der Waals surface area (Å²) in [5.41, 5.74) is 1.97. The SMILES string of the molecule is CN(CCN1CCCC1)c1cc(Cl)ccc1CO. The molecule has 1 aromatic carbocycles. The zero-order valence-electron chi connectivity index (χ0n) is 10.9. The molecule has 2 rings (SSSR count). The maximum atomic E-state index is 9.36. The number of aliphatic hydroxyl groups is 1. The van der Waals surface area contributed by atoms with Gasteiger partial charge in [0.05, 0.1) is 6.61 Å². The van der Waals surface area contributed by atoms with E-state index in [0.29, 0.717) is 0 Å². The highest BCUT2D eigenvalue weighted by molar-refractivity contribution is 6.30. The molecule has 0 unspecified atom stereocenters. The maximum Gasteiger partial charge on any atom is 0.0702 e. The number of halogens is 1. The number of nitrogens with zero attached hydrogens (tertiary/aromatic N) is 2. The molecule has 1 aromatic rings. The molecule has 3 nitrogen and oxygen atoms in total. The van der Waals surface area contributed by atoms with E-state index in [0.717, 1.165) is 29.4 Å². The molecule has 0 atom stereocenters. The molecule has 1 saturated heterocycles. The van der Waals surface area contributed by atoms with Crippen LogP contribution in [-0.4, -0.2) is 43.2 Å². The highest BCUT2D eigenvalue weighted by Gasteiger charge is 2.13. The zero-order chi connectivity index (χ0) is 13.0. The topological polar surface area (TPSA) is 26.7 Å². The second kappa shape index (κ2) is 6.41. The Morgan fingerprint density at radius 1 is 1.33 bits per heavy atom. The van der Waals surface area contributed by atoms with Gasteiger partial charge >= 0.3 is 0 Å². The number of hydrogen-bond acceptors (Lipinski definition) is 3. The van der Waals surface area contributed by atoms with Crippen molar-refractivity contribution in [1.82, 2.24) is 4.90 Å². The minimum absolute atomic E-state index is 0.0561.